The summed E-state index contributed by atoms with van der Waals surface area (Å²) in [5.41, 5.74) is 24.7. The number of nitrogens with zero attached hydrogens (tertiary/aromatic N) is 15. The summed E-state index contributed by atoms with van der Waals surface area (Å²) in [5, 5.41) is 87.7. The summed E-state index contributed by atoms with van der Waals surface area (Å²) in [5.74, 6) is 3.16. The lowest BCUT2D eigenvalue weighted by Crippen LogP contribution is -2.19. The first-order valence-corrected chi connectivity index (χ1v) is 48.8. The lowest BCUT2D eigenvalue weighted by Gasteiger charge is -2.16. The van der Waals surface area contributed by atoms with Crippen molar-refractivity contribution in [1.29, 1.82) is 5.26 Å². The van der Waals surface area contributed by atoms with Gasteiger partial charge in [0.05, 0.1) is 123 Å². The molecule has 0 amide bonds. The molecule has 10 N–H and O–H groups in total. The summed E-state index contributed by atoms with van der Waals surface area (Å²) < 4.78 is 15.9. The van der Waals surface area contributed by atoms with Crippen LogP contribution in [0.3, 0.4) is 0 Å². The Morgan fingerprint density at radius 3 is 0.899 bits per heavy atom. The van der Waals surface area contributed by atoms with Crippen LogP contribution in [0.4, 0.5) is 0 Å². The summed E-state index contributed by atoms with van der Waals surface area (Å²) >= 11 is 0. The van der Waals surface area contributed by atoms with Gasteiger partial charge in [0.1, 0.15) is 28.7 Å². The molecule has 740 valence electrons. The van der Waals surface area contributed by atoms with Crippen LogP contribution in [-0.4, -0.2) is 237 Å². The number of unbranched alkanes of at least 4 members (excludes halogenated alkanes) is 7. The molecular weight excluding hydrogens is 1730 g/mol. The van der Waals surface area contributed by atoms with Gasteiger partial charge in [0, 0.05) is 118 Å². The molecule has 0 saturated carbocycles. The second kappa shape index (κ2) is 62.1. The molecule has 138 heavy (non-hydrogen) atoms. The zero-order valence-corrected chi connectivity index (χ0v) is 85.0. The van der Waals surface area contributed by atoms with E-state index in [1.165, 1.54) is 123 Å². The van der Waals surface area contributed by atoms with Crippen LogP contribution in [-0.2, 0) is 52.4 Å². The van der Waals surface area contributed by atoms with Crippen LogP contribution >= 0.6 is 0 Å². The van der Waals surface area contributed by atoms with Gasteiger partial charge in [0.15, 0.2) is 0 Å². The van der Waals surface area contributed by atoms with Crippen LogP contribution in [0.2, 0.25) is 0 Å². The smallest absolute Gasteiger partial charge is 0.128 e. The zero-order valence-electron chi connectivity index (χ0n) is 85.0. The highest BCUT2D eigenvalue weighted by Crippen LogP contribution is 2.34. The maximum absolute atomic E-state index is 9.56. The fourth-order valence-corrected chi connectivity index (χ4v) is 15.5. The fraction of sp³-hybridized carbons (Fsp3) is 0.418. The molecule has 7 heterocycles. The number of H-pyrrole nitrogens is 7. The van der Waals surface area contributed by atoms with Gasteiger partial charge in [-0.1, -0.05) is 166 Å². The monoisotopic (exact) mass is 1880 g/mol. The second-order valence-corrected chi connectivity index (χ2v) is 35.3. The van der Waals surface area contributed by atoms with Crippen molar-refractivity contribution in [3.05, 3.63) is 263 Å². The third-order valence-corrected chi connectivity index (χ3v) is 23.5. The Morgan fingerprint density at radius 2 is 0.580 bits per heavy atom. The molecule has 28 heteroatoms. The van der Waals surface area contributed by atoms with Crippen molar-refractivity contribution in [2.45, 2.75) is 191 Å². The highest BCUT2D eigenvalue weighted by molar-refractivity contribution is 5.71. The Hall–Kier alpha value is -12.8. The molecule has 0 aliphatic rings. The molecule has 0 aliphatic heterocycles. The van der Waals surface area contributed by atoms with Crippen LogP contribution in [0.25, 0.3) is 78.8 Å². The number of phenols is 2. The number of aromatic amines is 7. The molecule has 0 aliphatic carbocycles. The number of methoxy groups -OCH3 is 3. The van der Waals surface area contributed by atoms with Gasteiger partial charge in [0.25, 0.3) is 0 Å². The van der Waals surface area contributed by atoms with Crippen molar-refractivity contribution in [3.63, 3.8) is 0 Å². The van der Waals surface area contributed by atoms with Gasteiger partial charge >= 0.3 is 0 Å². The standard InChI is InChI=1S/C16H20N4.4C16H23N3O.2C15H21N3O/c1-3-4-8-20(2)12-15-11-18-19-16(15)14-7-5-6-13(9-14)10-17;1-4-5-10-19(2)12-14-11-17-18-16(14)13-6-8-15(20-3)9-7-13;1-4-5-10-19(2)12-13-11-17-18-16(13)14-8-6-7-9-15(14)20-3;1-4-5-9-19(2)12-14-11-17-18-16(14)13-7-6-8-15(10-13)20-3;1-3-4-9-19(2)11-15-10-17-18-16(15)14-7-5-13(12-20)6-8-14;1-3-4-9-18(2)11-13-10-16-17-15(13)12-5-7-14(19)8-6-12;1-3-4-8-18(2)11-13-10-16-17-15(13)12-6-5-7-14(19)9-12/h5-7,9,11H,3-4,8,12H2,1-2H3,(H,18,19);2*6-9,11H,4-5,10,12H2,1-3H3,(H,17,18);6-8,10-11H,4-5,9,12H2,1-3H3,(H,17,18);5-8,10,20H,3-4,9,11-12H2,1-2H3,(H,17,18);5-8,10,19H,3-4,9,11H2,1-2H3,(H,16,17);5-7,9-10,19H,3-4,8,11H2,1-2H3,(H,16,17). The number of para-hydroxylation sites is 1. The number of ether oxygens (including phenoxy) is 3. The SMILES string of the molecule is CCCCN(C)Cc1cn[nH]c1-c1ccc(CO)cc1.CCCCN(C)Cc1cn[nH]c1-c1ccc(O)cc1.CCCCN(C)Cc1cn[nH]c1-c1ccc(OC)cc1.CCCCN(C)Cc1cn[nH]c1-c1cccc(C#N)c1.CCCCN(C)Cc1cn[nH]c1-c1cccc(O)c1.CCCCN(C)Cc1cn[nH]c1-c1cccc(OC)c1.CCCCN(C)Cc1cn[nH]c1-c1ccccc1OC. The summed E-state index contributed by atoms with van der Waals surface area (Å²) in [6.45, 7) is 29.4. The van der Waals surface area contributed by atoms with E-state index in [2.05, 4.69) is 234 Å². The maximum Gasteiger partial charge on any atom is 0.128 e. The molecule has 0 atom stereocenters. The number of aliphatic hydroxyl groups is 1. The van der Waals surface area contributed by atoms with E-state index in [-0.39, 0.29) is 18.1 Å². The molecule has 0 unspecified atom stereocenters. The van der Waals surface area contributed by atoms with E-state index in [0.717, 1.165) is 199 Å². The fourth-order valence-electron chi connectivity index (χ4n) is 15.5. The molecule has 28 nitrogen and oxygen atoms in total. The topological polar surface area (TPSA) is 336 Å². The number of aromatic nitrogens is 14. The van der Waals surface area contributed by atoms with E-state index in [1.807, 2.05) is 165 Å². The maximum atomic E-state index is 9.56. The average Bonchev–Trinajstić information content (AvgIpc) is 1.68. The van der Waals surface area contributed by atoms with Crippen LogP contribution < -0.4 is 14.2 Å². The predicted molar refractivity (Wildman–Crippen MR) is 560 cm³/mol. The van der Waals surface area contributed by atoms with Gasteiger partial charge in [-0.3, -0.25) is 35.7 Å². The Kier molecular flexibility index (Phi) is 49.7. The number of rotatable bonds is 46. The second-order valence-electron chi connectivity index (χ2n) is 35.3. The molecule has 14 aromatic rings. The predicted octanol–water partition coefficient (Wildman–Crippen LogP) is 22.0. The Morgan fingerprint density at radius 1 is 0.290 bits per heavy atom. The third kappa shape index (κ3) is 37.3. The Labute approximate surface area is 820 Å². The first-order valence-electron chi connectivity index (χ1n) is 48.8. The van der Waals surface area contributed by atoms with E-state index < -0.39 is 0 Å². The molecule has 0 saturated heterocycles. The number of nitriles is 1. The molecule has 0 radical (unpaired) electrons. The summed E-state index contributed by atoms with van der Waals surface area (Å²) in [6.07, 6.45) is 30.3. The average molecular weight is 1880 g/mol. The number of hydrogen-bond acceptors (Lipinski definition) is 21. The third-order valence-electron chi connectivity index (χ3n) is 23.5. The number of nitrogens with one attached hydrogen (secondary N) is 7. The largest absolute Gasteiger partial charge is 0.508 e. The minimum absolute atomic E-state index is 0.0792. The van der Waals surface area contributed by atoms with Crippen molar-refractivity contribution in [3.8, 4) is 114 Å². The van der Waals surface area contributed by atoms with Gasteiger partial charge in [-0.2, -0.15) is 41.0 Å². The molecule has 7 aromatic carbocycles. The minimum Gasteiger partial charge on any atom is -0.508 e. The highest BCUT2D eigenvalue weighted by Gasteiger charge is 2.20. The quantitative estimate of drug-likeness (QED) is 0.0169. The van der Waals surface area contributed by atoms with E-state index in [4.69, 9.17) is 24.6 Å². The van der Waals surface area contributed by atoms with Gasteiger partial charge in [-0.05, 0) is 248 Å². The van der Waals surface area contributed by atoms with Gasteiger partial charge in [-0.15, -0.1) is 0 Å². The number of hydrogen-bond donors (Lipinski definition) is 10. The molecule has 14 rings (SSSR count). The molecule has 7 aromatic heterocycles. The molecule has 0 bridgehead atoms. The number of phenolic OH excluding ortho intramolecular Hbond substituents is 2. The minimum atomic E-state index is 0.0792. The van der Waals surface area contributed by atoms with E-state index in [9.17, 15) is 10.2 Å². The first-order chi connectivity index (χ1) is 67.1. The number of aromatic hydroxyl groups is 2. The van der Waals surface area contributed by atoms with E-state index in [1.54, 1.807) is 45.6 Å². The molecular formula is C110H154N22O6. The number of benzene rings is 7. The van der Waals surface area contributed by atoms with Crippen molar-refractivity contribution in [2.75, 3.05) is 116 Å². The highest BCUT2D eigenvalue weighted by atomic mass is 16.5. The van der Waals surface area contributed by atoms with Gasteiger partial charge < -0.3 is 63.8 Å². The number of aliphatic hydroxyl groups excluding tert-OH is 1. The van der Waals surface area contributed by atoms with Crippen LogP contribution in [0.5, 0.6) is 28.7 Å². The van der Waals surface area contributed by atoms with Gasteiger partial charge in [0.2, 0.25) is 0 Å². The summed E-state index contributed by atoms with van der Waals surface area (Å²) in [6, 6.07) is 56.3. The van der Waals surface area contributed by atoms with Crippen LogP contribution in [0.1, 0.15) is 188 Å². The lowest BCUT2D eigenvalue weighted by atomic mass is 10.1. The van der Waals surface area contributed by atoms with E-state index in [0.29, 0.717) is 5.56 Å². The van der Waals surface area contributed by atoms with Crippen molar-refractivity contribution in [2.24, 2.45) is 0 Å². The summed E-state index contributed by atoms with van der Waals surface area (Å²) in [4.78, 5) is 16.2. The normalized spacial score (nSPS) is 11.0. The lowest BCUT2D eigenvalue weighted by molar-refractivity contribution is 0.282. The first kappa shape index (κ1) is 110. The molecule has 0 spiro atoms. The van der Waals surface area contributed by atoms with Gasteiger partial charge in [-0.25, -0.2) is 0 Å². The zero-order chi connectivity index (χ0) is 99.2. The van der Waals surface area contributed by atoms with Crippen LogP contribution in [0, 0.1) is 11.3 Å². The van der Waals surface area contributed by atoms with Crippen LogP contribution in [0.15, 0.2) is 213 Å². The van der Waals surface area contributed by atoms with Crippen molar-refractivity contribution in [1.82, 2.24) is 106 Å². The Bertz CT molecular complexity index is 5570. The summed E-state index contributed by atoms with van der Waals surface area (Å²) in [7, 11) is 20.0. The van der Waals surface area contributed by atoms with E-state index >= 15 is 0 Å². The van der Waals surface area contributed by atoms with Crippen molar-refractivity contribution < 1.29 is 29.5 Å². The Balaban J connectivity index is 0.000000198. The van der Waals surface area contributed by atoms with Crippen molar-refractivity contribution >= 4 is 0 Å². The molecule has 0 fully saturated rings.